The fraction of sp³-hybridized carbons (Fsp3) is 0.333. The van der Waals surface area contributed by atoms with Crippen LogP contribution in [0.3, 0.4) is 0 Å². The number of rotatable bonds is 3. The van der Waals surface area contributed by atoms with E-state index in [0.717, 1.165) is 19.3 Å². The van der Waals surface area contributed by atoms with Crippen LogP contribution in [-0.4, -0.2) is 22.9 Å². The summed E-state index contributed by atoms with van der Waals surface area (Å²) in [5.41, 5.74) is 7.10. The lowest BCUT2D eigenvalue weighted by Crippen LogP contribution is -2.17. The second-order valence-corrected chi connectivity index (χ2v) is 5.19. The van der Waals surface area contributed by atoms with Gasteiger partial charge in [-0.3, -0.25) is 4.68 Å². The van der Waals surface area contributed by atoms with Crippen molar-refractivity contribution in [1.82, 2.24) is 9.78 Å². The molecule has 0 radical (unpaired) electrons. The first-order chi connectivity index (χ1) is 10.1. The van der Waals surface area contributed by atoms with Crippen molar-refractivity contribution in [2.45, 2.75) is 25.3 Å². The summed E-state index contributed by atoms with van der Waals surface area (Å²) in [4.78, 5) is 11.9. The molecule has 1 aliphatic carbocycles. The molecule has 0 amide bonds. The first-order valence-corrected chi connectivity index (χ1v) is 6.83. The van der Waals surface area contributed by atoms with Gasteiger partial charge in [-0.15, -0.1) is 5.10 Å². The Kier molecular flexibility index (Phi) is 3.37. The van der Waals surface area contributed by atoms with Crippen LogP contribution in [0.15, 0.2) is 24.4 Å². The molecular formula is C15H16FN3O2. The quantitative estimate of drug-likeness (QED) is 0.696. The predicted octanol–water partition coefficient (Wildman–Crippen LogP) is 2.78. The molecular weight excluding hydrogens is 273 g/mol. The van der Waals surface area contributed by atoms with Crippen LogP contribution in [0.2, 0.25) is 0 Å². The van der Waals surface area contributed by atoms with E-state index in [-0.39, 0.29) is 11.6 Å². The van der Waals surface area contributed by atoms with Crippen molar-refractivity contribution in [3.05, 3.63) is 35.9 Å². The molecule has 0 spiro atoms. The van der Waals surface area contributed by atoms with E-state index in [1.807, 2.05) is 0 Å². The predicted molar refractivity (Wildman–Crippen MR) is 76.3 cm³/mol. The molecule has 1 aromatic heterocycles. The molecule has 0 unspecified atom stereocenters. The van der Waals surface area contributed by atoms with Gasteiger partial charge in [0.25, 0.3) is 0 Å². The number of benzene rings is 1. The van der Waals surface area contributed by atoms with E-state index in [0.29, 0.717) is 16.8 Å². The van der Waals surface area contributed by atoms with Crippen molar-refractivity contribution in [3.8, 4) is 11.1 Å². The van der Waals surface area contributed by atoms with Gasteiger partial charge in [0.2, 0.25) is 5.95 Å². The smallest absolute Gasteiger partial charge is 0.338 e. The third-order valence-corrected chi connectivity index (χ3v) is 3.87. The molecule has 0 aliphatic heterocycles. The van der Waals surface area contributed by atoms with Crippen molar-refractivity contribution >= 4 is 11.7 Å². The largest absolute Gasteiger partial charge is 0.465 e. The molecule has 1 aromatic carbocycles. The minimum absolute atomic E-state index is 0.240. The van der Waals surface area contributed by atoms with Crippen LogP contribution in [0.1, 0.15) is 35.7 Å². The van der Waals surface area contributed by atoms with Crippen LogP contribution < -0.4 is 5.73 Å². The Hall–Kier alpha value is -2.37. The average Bonchev–Trinajstić information content (AvgIpc) is 2.77. The summed E-state index contributed by atoms with van der Waals surface area (Å²) < 4.78 is 20.5. The van der Waals surface area contributed by atoms with Crippen LogP contribution in [0, 0.1) is 5.95 Å². The number of carbonyl (C=O) groups excluding carboxylic acids is 1. The minimum Gasteiger partial charge on any atom is -0.465 e. The minimum atomic E-state index is -0.586. The highest BCUT2D eigenvalue weighted by Gasteiger charge is 2.24. The SMILES string of the molecule is COC(=O)c1cc(N)ccc1-c1cn(C2CCC2)nc1F. The zero-order valence-electron chi connectivity index (χ0n) is 11.7. The number of halogens is 1. The molecule has 1 saturated carbocycles. The number of anilines is 1. The number of aromatic nitrogens is 2. The van der Waals surface area contributed by atoms with E-state index in [1.165, 1.54) is 13.2 Å². The number of ether oxygens (including phenoxy) is 1. The Bertz CT molecular complexity index is 692. The Morgan fingerprint density at radius 3 is 2.81 bits per heavy atom. The molecule has 1 aliphatic rings. The molecule has 0 saturated heterocycles. The fourth-order valence-electron chi connectivity index (χ4n) is 2.46. The fourth-order valence-corrected chi connectivity index (χ4v) is 2.46. The van der Waals surface area contributed by atoms with Gasteiger partial charge in [-0.25, -0.2) is 4.79 Å². The van der Waals surface area contributed by atoms with Crippen molar-refractivity contribution in [3.63, 3.8) is 0 Å². The van der Waals surface area contributed by atoms with Gasteiger partial charge in [0, 0.05) is 17.4 Å². The lowest BCUT2D eigenvalue weighted by molar-refractivity contribution is 0.0601. The number of nitrogen functional groups attached to an aromatic ring is 1. The van der Waals surface area contributed by atoms with Gasteiger partial charge < -0.3 is 10.5 Å². The molecule has 1 heterocycles. The summed E-state index contributed by atoms with van der Waals surface area (Å²) in [6.45, 7) is 0. The Morgan fingerprint density at radius 1 is 1.43 bits per heavy atom. The number of carbonyl (C=O) groups is 1. The number of hydrogen-bond donors (Lipinski definition) is 1. The van der Waals surface area contributed by atoms with Gasteiger partial charge in [-0.2, -0.15) is 4.39 Å². The maximum Gasteiger partial charge on any atom is 0.338 e. The topological polar surface area (TPSA) is 70.1 Å². The van der Waals surface area contributed by atoms with Gasteiger partial charge in [-0.1, -0.05) is 6.07 Å². The summed E-state index contributed by atoms with van der Waals surface area (Å²) >= 11 is 0. The van der Waals surface area contributed by atoms with Crippen molar-refractivity contribution in [1.29, 1.82) is 0 Å². The standard InChI is InChI=1S/C15H16FN3O2/c1-21-15(20)12-7-9(17)5-6-11(12)13-8-19(18-14(13)16)10-3-2-4-10/h5-8,10H,2-4,17H2,1H3. The number of esters is 1. The summed E-state index contributed by atoms with van der Waals surface area (Å²) in [6, 6.07) is 4.99. The summed E-state index contributed by atoms with van der Waals surface area (Å²) in [7, 11) is 1.28. The number of nitrogens with two attached hydrogens (primary N) is 1. The third-order valence-electron chi connectivity index (χ3n) is 3.87. The average molecular weight is 289 g/mol. The highest BCUT2D eigenvalue weighted by molar-refractivity contribution is 5.98. The number of methoxy groups -OCH3 is 1. The van der Waals surface area contributed by atoms with Crippen LogP contribution in [0.5, 0.6) is 0 Å². The van der Waals surface area contributed by atoms with E-state index in [9.17, 15) is 9.18 Å². The molecule has 3 rings (SSSR count). The van der Waals surface area contributed by atoms with Gasteiger partial charge in [-0.05, 0) is 31.4 Å². The molecule has 0 bridgehead atoms. The van der Waals surface area contributed by atoms with Gasteiger partial charge in [0.15, 0.2) is 0 Å². The molecule has 2 N–H and O–H groups in total. The molecule has 2 aromatic rings. The summed E-state index contributed by atoms with van der Waals surface area (Å²) in [5, 5.41) is 3.92. The van der Waals surface area contributed by atoms with Crippen molar-refractivity contribution < 1.29 is 13.9 Å². The molecule has 6 heteroatoms. The normalized spacial score (nSPS) is 14.8. The highest BCUT2D eigenvalue weighted by Crippen LogP contribution is 2.34. The van der Waals surface area contributed by atoms with Crippen LogP contribution in [-0.2, 0) is 4.74 Å². The Balaban J connectivity index is 2.07. The maximum absolute atomic E-state index is 14.1. The number of hydrogen-bond acceptors (Lipinski definition) is 4. The first-order valence-electron chi connectivity index (χ1n) is 6.83. The lowest BCUT2D eigenvalue weighted by atomic mass is 9.93. The van der Waals surface area contributed by atoms with Crippen LogP contribution >= 0.6 is 0 Å². The van der Waals surface area contributed by atoms with Gasteiger partial charge >= 0.3 is 5.97 Å². The van der Waals surface area contributed by atoms with Crippen molar-refractivity contribution in [2.75, 3.05) is 12.8 Å². The van der Waals surface area contributed by atoms with E-state index in [2.05, 4.69) is 5.10 Å². The van der Waals surface area contributed by atoms with E-state index >= 15 is 0 Å². The Labute approximate surface area is 121 Å². The van der Waals surface area contributed by atoms with Gasteiger partial charge in [0.05, 0.1) is 24.3 Å². The van der Waals surface area contributed by atoms with E-state index < -0.39 is 11.9 Å². The molecule has 1 fully saturated rings. The summed E-state index contributed by atoms with van der Waals surface area (Å²) in [5.74, 6) is -1.13. The number of nitrogens with zero attached hydrogens (tertiary/aromatic N) is 2. The van der Waals surface area contributed by atoms with Crippen LogP contribution in [0.25, 0.3) is 11.1 Å². The molecule has 110 valence electrons. The van der Waals surface area contributed by atoms with Crippen LogP contribution in [0.4, 0.5) is 10.1 Å². The van der Waals surface area contributed by atoms with Gasteiger partial charge in [0.1, 0.15) is 0 Å². The molecule has 21 heavy (non-hydrogen) atoms. The zero-order valence-corrected chi connectivity index (χ0v) is 11.7. The zero-order chi connectivity index (χ0) is 15.0. The van der Waals surface area contributed by atoms with E-state index in [4.69, 9.17) is 10.5 Å². The van der Waals surface area contributed by atoms with E-state index in [1.54, 1.807) is 23.0 Å². The third kappa shape index (κ3) is 2.37. The first kappa shape index (κ1) is 13.6. The monoisotopic (exact) mass is 289 g/mol. The van der Waals surface area contributed by atoms with Crippen molar-refractivity contribution in [2.24, 2.45) is 0 Å². The second kappa shape index (κ2) is 5.20. The lowest BCUT2D eigenvalue weighted by Gasteiger charge is -2.25. The molecule has 5 nitrogen and oxygen atoms in total. The highest BCUT2D eigenvalue weighted by atomic mass is 19.1. The summed E-state index contributed by atoms with van der Waals surface area (Å²) in [6.07, 6.45) is 4.80. The Morgan fingerprint density at radius 2 is 2.19 bits per heavy atom. The molecule has 0 atom stereocenters. The maximum atomic E-state index is 14.1. The second-order valence-electron chi connectivity index (χ2n) is 5.19.